The highest BCUT2D eigenvalue weighted by Crippen LogP contribution is 2.30. The number of fused-ring (bicyclic) bond motifs is 1. The Morgan fingerprint density at radius 1 is 1.13 bits per heavy atom. The lowest BCUT2D eigenvalue weighted by Crippen LogP contribution is -2.42. The number of carbonyl (C=O) groups excluding carboxylic acids is 1. The fraction of sp³-hybridized carbons (Fsp3) is 0.130. The highest BCUT2D eigenvalue weighted by molar-refractivity contribution is 6.31. The summed E-state index contributed by atoms with van der Waals surface area (Å²) in [5.41, 5.74) is 4.84. The number of nitrogens with one attached hydrogen (secondary N) is 1. The van der Waals surface area contributed by atoms with E-state index in [-0.39, 0.29) is 12.4 Å². The van der Waals surface area contributed by atoms with E-state index in [9.17, 15) is 9.90 Å². The molecule has 0 unspecified atom stereocenters. The lowest BCUT2D eigenvalue weighted by Gasteiger charge is -2.24. The lowest BCUT2D eigenvalue weighted by molar-refractivity contribution is -0.130. The summed E-state index contributed by atoms with van der Waals surface area (Å²) >= 11 is 6.22. The van der Waals surface area contributed by atoms with Gasteiger partial charge in [-0.1, -0.05) is 48.0 Å². The Morgan fingerprint density at radius 2 is 1.90 bits per heavy atom. The Kier molecular flexibility index (Phi) is 5.86. The highest BCUT2D eigenvalue weighted by Gasteiger charge is 2.27. The molecular formula is C23H19ClN2O4. The van der Waals surface area contributed by atoms with E-state index in [0.29, 0.717) is 28.5 Å². The Bertz CT molecular complexity index is 1100. The number of para-hydroxylation sites is 2. The molecule has 7 heteroatoms. The molecule has 1 aliphatic rings. The van der Waals surface area contributed by atoms with Gasteiger partial charge in [-0.05, 0) is 47.9 Å². The van der Waals surface area contributed by atoms with E-state index in [0.717, 1.165) is 11.1 Å². The van der Waals surface area contributed by atoms with Crippen molar-refractivity contribution in [1.82, 2.24) is 5.43 Å². The molecule has 3 aromatic rings. The van der Waals surface area contributed by atoms with Gasteiger partial charge in [0, 0.05) is 10.6 Å². The van der Waals surface area contributed by atoms with Gasteiger partial charge in [0.1, 0.15) is 12.4 Å². The summed E-state index contributed by atoms with van der Waals surface area (Å²) in [7, 11) is 0. The van der Waals surface area contributed by atoms with Crippen LogP contribution in [-0.4, -0.2) is 29.9 Å². The first-order valence-electron chi connectivity index (χ1n) is 9.37. The molecule has 30 heavy (non-hydrogen) atoms. The Balaban J connectivity index is 1.40. The smallest absolute Gasteiger partial charge is 0.284 e. The first-order valence-corrected chi connectivity index (χ1v) is 9.74. The van der Waals surface area contributed by atoms with Crippen LogP contribution >= 0.6 is 11.6 Å². The molecule has 3 aromatic carbocycles. The maximum atomic E-state index is 12.3. The number of phenolic OH excluding ortho intramolecular Hbond substituents is 1. The van der Waals surface area contributed by atoms with Gasteiger partial charge in [-0.25, -0.2) is 5.43 Å². The summed E-state index contributed by atoms with van der Waals surface area (Å²) in [6.07, 6.45) is 1.19. The van der Waals surface area contributed by atoms with E-state index in [1.807, 2.05) is 36.4 Å². The number of rotatable bonds is 5. The molecule has 1 atom stereocenters. The van der Waals surface area contributed by atoms with Crippen molar-refractivity contribution in [2.45, 2.75) is 12.5 Å². The molecule has 0 aromatic heterocycles. The lowest BCUT2D eigenvalue weighted by atomic mass is 10.0. The van der Waals surface area contributed by atoms with Crippen molar-refractivity contribution in [3.63, 3.8) is 0 Å². The molecule has 0 fully saturated rings. The van der Waals surface area contributed by atoms with E-state index in [1.165, 1.54) is 6.21 Å². The van der Waals surface area contributed by atoms with Gasteiger partial charge in [-0.3, -0.25) is 4.79 Å². The minimum absolute atomic E-state index is 0.0575. The molecule has 0 radical (unpaired) electrons. The van der Waals surface area contributed by atoms with Crippen LogP contribution < -0.4 is 14.9 Å². The van der Waals surface area contributed by atoms with Gasteiger partial charge in [-0.15, -0.1) is 0 Å². The molecule has 1 aliphatic heterocycles. The number of phenols is 1. The van der Waals surface area contributed by atoms with Gasteiger partial charge in [0.2, 0.25) is 6.10 Å². The van der Waals surface area contributed by atoms with Crippen molar-refractivity contribution in [1.29, 1.82) is 0 Å². The maximum Gasteiger partial charge on any atom is 0.284 e. The summed E-state index contributed by atoms with van der Waals surface area (Å²) in [5.74, 6) is 0.734. The molecule has 6 nitrogen and oxygen atoms in total. The van der Waals surface area contributed by atoms with Crippen LogP contribution in [0.3, 0.4) is 0 Å². The van der Waals surface area contributed by atoms with Crippen LogP contribution in [0, 0.1) is 0 Å². The van der Waals surface area contributed by atoms with Crippen molar-refractivity contribution in [2.24, 2.45) is 5.10 Å². The Morgan fingerprint density at radius 3 is 2.73 bits per heavy atom. The van der Waals surface area contributed by atoms with Crippen LogP contribution in [-0.2, 0) is 11.2 Å². The third kappa shape index (κ3) is 4.55. The van der Waals surface area contributed by atoms with E-state index < -0.39 is 12.0 Å². The molecule has 0 saturated carbocycles. The van der Waals surface area contributed by atoms with Gasteiger partial charge >= 0.3 is 0 Å². The topological polar surface area (TPSA) is 80.2 Å². The highest BCUT2D eigenvalue weighted by atomic mass is 35.5. The monoisotopic (exact) mass is 422 g/mol. The second kappa shape index (κ2) is 8.88. The number of carbonyl (C=O) groups is 1. The molecule has 4 rings (SSSR count). The summed E-state index contributed by atoms with van der Waals surface area (Å²) in [5, 5.41) is 14.7. The van der Waals surface area contributed by atoms with Crippen molar-refractivity contribution in [3.8, 4) is 17.2 Å². The maximum absolute atomic E-state index is 12.3. The zero-order valence-corrected chi connectivity index (χ0v) is 16.7. The summed E-state index contributed by atoms with van der Waals surface area (Å²) in [4.78, 5) is 12.3. The van der Waals surface area contributed by atoms with Crippen molar-refractivity contribution in [3.05, 3.63) is 88.4 Å². The fourth-order valence-electron chi connectivity index (χ4n) is 3.07. The van der Waals surface area contributed by atoms with Crippen LogP contribution in [0.15, 0.2) is 71.8 Å². The first kappa shape index (κ1) is 19.8. The molecule has 1 amide bonds. The van der Waals surface area contributed by atoms with Crippen LogP contribution in [0.4, 0.5) is 0 Å². The molecular weight excluding hydrogens is 404 g/mol. The molecule has 0 spiro atoms. The number of amides is 1. The summed E-state index contributed by atoms with van der Waals surface area (Å²) in [6.45, 7) is 0.0942. The SMILES string of the molecule is O=C(N/N=C/c1cc(Cc2ccccc2Cl)ccc1O)[C@@H]1COc2ccccc2O1. The van der Waals surface area contributed by atoms with Crippen LogP contribution in [0.2, 0.25) is 5.02 Å². The third-order valence-corrected chi connectivity index (χ3v) is 4.99. The molecule has 0 bridgehead atoms. The number of benzene rings is 3. The summed E-state index contributed by atoms with van der Waals surface area (Å²) in [6, 6.07) is 19.9. The molecule has 152 valence electrons. The van der Waals surface area contributed by atoms with Gasteiger partial charge in [-0.2, -0.15) is 5.10 Å². The minimum atomic E-state index is -0.808. The average Bonchev–Trinajstić information content (AvgIpc) is 2.77. The second-order valence-electron chi connectivity index (χ2n) is 6.76. The van der Waals surface area contributed by atoms with Crippen molar-refractivity contribution < 1.29 is 19.4 Å². The predicted octanol–water partition coefficient (Wildman–Crippen LogP) is 3.93. The zero-order chi connectivity index (χ0) is 20.9. The molecule has 0 saturated heterocycles. The summed E-state index contributed by atoms with van der Waals surface area (Å²) < 4.78 is 11.2. The quantitative estimate of drug-likeness (QED) is 0.482. The number of ether oxygens (including phenoxy) is 2. The number of nitrogens with zero attached hydrogens (tertiary/aromatic N) is 1. The molecule has 0 aliphatic carbocycles. The third-order valence-electron chi connectivity index (χ3n) is 4.62. The average molecular weight is 423 g/mol. The zero-order valence-electron chi connectivity index (χ0n) is 15.9. The Labute approximate surface area is 178 Å². The van der Waals surface area contributed by atoms with Crippen molar-refractivity contribution in [2.75, 3.05) is 6.61 Å². The van der Waals surface area contributed by atoms with Gasteiger partial charge in [0.25, 0.3) is 5.91 Å². The number of hydrogen-bond donors (Lipinski definition) is 2. The predicted molar refractivity (Wildman–Crippen MR) is 114 cm³/mol. The van der Waals surface area contributed by atoms with Crippen LogP contribution in [0.1, 0.15) is 16.7 Å². The molecule has 1 heterocycles. The number of hydrogen-bond acceptors (Lipinski definition) is 5. The van der Waals surface area contributed by atoms with Crippen LogP contribution in [0.25, 0.3) is 0 Å². The van der Waals surface area contributed by atoms with Gasteiger partial charge < -0.3 is 14.6 Å². The van der Waals surface area contributed by atoms with E-state index in [2.05, 4.69) is 10.5 Å². The number of halogens is 1. The van der Waals surface area contributed by atoms with E-state index in [1.54, 1.807) is 30.3 Å². The minimum Gasteiger partial charge on any atom is -0.507 e. The van der Waals surface area contributed by atoms with E-state index in [4.69, 9.17) is 21.1 Å². The van der Waals surface area contributed by atoms with Crippen LogP contribution in [0.5, 0.6) is 17.2 Å². The van der Waals surface area contributed by atoms with Gasteiger partial charge in [0.05, 0.1) is 6.21 Å². The standard InChI is InChI=1S/C23H19ClN2O4/c24-18-6-2-1-5-16(18)11-15-9-10-19(27)17(12-15)13-25-26-23(28)22-14-29-20-7-3-4-8-21(20)30-22/h1-10,12-13,22,27H,11,14H2,(H,26,28)/b25-13+/t22-/m0/s1. The van der Waals surface area contributed by atoms with Crippen molar-refractivity contribution >= 4 is 23.7 Å². The number of aromatic hydroxyl groups is 1. The Hall–Kier alpha value is -3.51. The molecule has 2 N–H and O–H groups in total. The first-order chi connectivity index (χ1) is 14.6. The normalized spacial score (nSPS) is 15.2. The van der Waals surface area contributed by atoms with Gasteiger partial charge in [0.15, 0.2) is 11.5 Å². The number of hydrazone groups is 1. The second-order valence-corrected chi connectivity index (χ2v) is 7.17. The van der Waals surface area contributed by atoms with E-state index >= 15 is 0 Å². The fourth-order valence-corrected chi connectivity index (χ4v) is 3.27. The largest absolute Gasteiger partial charge is 0.507 e.